The van der Waals surface area contributed by atoms with E-state index in [1.807, 2.05) is 30.0 Å². The van der Waals surface area contributed by atoms with E-state index >= 15 is 0 Å². The van der Waals surface area contributed by atoms with E-state index in [1.54, 1.807) is 0 Å². The van der Waals surface area contributed by atoms with E-state index < -0.39 is 0 Å². The van der Waals surface area contributed by atoms with Crippen LogP contribution in [0, 0.1) is 0 Å². The normalized spacial score (nSPS) is 18.6. The van der Waals surface area contributed by atoms with Gasteiger partial charge in [-0.3, -0.25) is 10.1 Å². The van der Waals surface area contributed by atoms with Gasteiger partial charge in [0.25, 0.3) is 0 Å². The lowest BCUT2D eigenvalue weighted by Crippen LogP contribution is -2.30. The first-order valence-corrected chi connectivity index (χ1v) is 6.79. The molecular formula is C12H14ClNO2S. The molecule has 1 atom stereocenters. The van der Waals surface area contributed by atoms with E-state index in [4.69, 9.17) is 11.6 Å². The number of hydrogen-bond acceptors (Lipinski definition) is 4. The van der Waals surface area contributed by atoms with Gasteiger partial charge in [0.15, 0.2) is 0 Å². The first kappa shape index (κ1) is 12.7. The molecule has 1 aliphatic rings. The highest BCUT2D eigenvalue weighted by molar-refractivity contribution is 7.99. The van der Waals surface area contributed by atoms with Crippen LogP contribution in [0.4, 0.5) is 0 Å². The smallest absolute Gasteiger partial charge is 0.319 e. The van der Waals surface area contributed by atoms with Crippen molar-refractivity contribution in [1.82, 2.24) is 5.32 Å². The summed E-state index contributed by atoms with van der Waals surface area (Å²) in [5.74, 6) is 0.805. The third-order valence-corrected chi connectivity index (χ3v) is 4.09. The van der Waals surface area contributed by atoms with Gasteiger partial charge < -0.3 is 4.74 Å². The molecule has 1 aromatic rings. The van der Waals surface area contributed by atoms with Gasteiger partial charge in [-0.25, -0.2) is 0 Å². The molecule has 1 aromatic carbocycles. The highest BCUT2D eigenvalue weighted by Gasteiger charge is 2.21. The number of hydrogen-bond donors (Lipinski definition) is 1. The summed E-state index contributed by atoms with van der Waals surface area (Å²) in [6.45, 7) is 0.234. The molecule has 0 aliphatic carbocycles. The molecule has 1 unspecified atom stereocenters. The van der Waals surface area contributed by atoms with Crippen molar-refractivity contribution < 1.29 is 9.53 Å². The van der Waals surface area contributed by atoms with E-state index in [-0.39, 0.29) is 18.6 Å². The quantitative estimate of drug-likeness (QED) is 0.858. The number of rotatable bonds is 3. The molecule has 0 radical (unpaired) electrons. The van der Waals surface area contributed by atoms with E-state index in [2.05, 4.69) is 10.1 Å². The second-order valence-electron chi connectivity index (χ2n) is 3.83. The molecule has 0 saturated heterocycles. The van der Waals surface area contributed by atoms with Crippen molar-refractivity contribution in [2.75, 3.05) is 19.4 Å². The first-order valence-electron chi connectivity index (χ1n) is 5.43. The standard InChI is InChI=1S/C12H14ClNO2S/c1-16-12(15)7-14-10-4-5-17-11-3-2-8(13)6-9(10)11/h2-3,6,10,14H,4-5,7H2,1H3. The maximum atomic E-state index is 11.1. The Kier molecular flexibility index (Phi) is 4.31. The summed E-state index contributed by atoms with van der Waals surface area (Å²) in [6, 6.07) is 6.09. The molecule has 3 nitrogen and oxygen atoms in total. The van der Waals surface area contributed by atoms with Crippen LogP contribution in [0.5, 0.6) is 0 Å². The molecule has 0 spiro atoms. The molecule has 0 amide bonds. The number of ether oxygens (including phenoxy) is 1. The predicted octanol–water partition coefficient (Wildman–Crippen LogP) is 2.64. The number of methoxy groups -OCH3 is 1. The average molecular weight is 272 g/mol. The summed E-state index contributed by atoms with van der Waals surface area (Å²) in [7, 11) is 1.39. The Balaban J connectivity index is 2.11. The second kappa shape index (κ2) is 5.76. The summed E-state index contributed by atoms with van der Waals surface area (Å²) in [5.41, 5.74) is 1.18. The topological polar surface area (TPSA) is 38.3 Å². The van der Waals surface area contributed by atoms with Crippen LogP contribution in [0.25, 0.3) is 0 Å². The number of esters is 1. The fraction of sp³-hybridized carbons (Fsp3) is 0.417. The van der Waals surface area contributed by atoms with Crippen molar-refractivity contribution in [1.29, 1.82) is 0 Å². The molecule has 0 aromatic heterocycles. The maximum Gasteiger partial charge on any atom is 0.319 e. The lowest BCUT2D eigenvalue weighted by molar-refractivity contribution is -0.139. The molecule has 92 valence electrons. The Morgan fingerprint density at radius 3 is 3.24 bits per heavy atom. The van der Waals surface area contributed by atoms with Crippen molar-refractivity contribution in [2.45, 2.75) is 17.4 Å². The molecule has 2 rings (SSSR count). The SMILES string of the molecule is COC(=O)CNC1CCSc2ccc(Cl)cc21. The predicted molar refractivity (Wildman–Crippen MR) is 69.6 cm³/mol. The van der Waals surface area contributed by atoms with E-state index in [1.165, 1.54) is 17.6 Å². The van der Waals surface area contributed by atoms with Gasteiger partial charge in [0, 0.05) is 16.0 Å². The number of benzene rings is 1. The Bertz CT molecular complexity index is 425. The van der Waals surface area contributed by atoms with Crippen molar-refractivity contribution in [3.63, 3.8) is 0 Å². The Morgan fingerprint density at radius 2 is 2.47 bits per heavy atom. The summed E-state index contributed by atoms with van der Waals surface area (Å²) in [5, 5.41) is 3.94. The molecule has 1 heterocycles. The lowest BCUT2D eigenvalue weighted by Gasteiger charge is -2.25. The molecule has 1 aliphatic heterocycles. The Morgan fingerprint density at radius 1 is 1.65 bits per heavy atom. The number of nitrogens with one attached hydrogen (secondary N) is 1. The second-order valence-corrected chi connectivity index (χ2v) is 5.40. The van der Waals surface area contributed by atoms with E-state index in [0.717, 1.165) is 17.2 Å². The third kappa shape index (κ3) is 3.15. The average Bonchev–Trinajstić information content (AvgIpc) is 2.35. The first-order chi connectivity index (χ1) is 8.20. The van der Waals surface area contributed by atoms with Gasteiger partial charge in [-0.15, -0.1) is 11.8 Å². The third-order valence-electron chi connectivity index (χ3n) is 2.73. The number of fused-ring (bicyclic) bond motifs is 1. The summed E-state index contributed by atoms with van der Waals surface area (Å²) >= 11 is 7.83. The largest absolute Gasteiger partial charge is 0.468 e. The number of carbonyl (C=O) groups excluding carboxylic acids is 1. The van der Waals surface area contributed by atoms with Crippen LogP contribution >= 0.6 is 23.4 Å². The number of carbonyl (C=O) groups is 1. The highest BCUT2D eigenvalue weighted by atomic mass is 35.5. The van der Waals surface area contributed by atoms with Gasteiger partial charge in [0.2, 0.25) is 0 Å². The Labute approximate surface area is 110 Å². The summed E-state index contributed by atoms with van der Waals surface area (Å²) in [4.78, 5) is 12.4. The minimum atomic E-state index is -0.244. The van der Waals surface area contributed by atoms with Crippen LogP contribution in [-0.2, 0) is 9.53 Å². The highest BCUT2D eigenvalue weighted by Crippen LogP contribution is 2.37. The van der Waals surface area contributed by atoms with Gasteiger partial charge >= 0.3 is 5.97 Å². The van der Waals surface area contributed by atoms with Crippen molar-refractivity contribution in [3.8, 4) is 0 Å². The zero-order valence-electron chi connectivity index (χ0n) is 9.53. The van der Waals surface area contributed by atoms with Crippen LogP contribution < -0.4 is 5.32 Å². The van der Waals surface area contributed by atoms with E-state index in [9.17, 15) is 4.79 Å². The van der Waals surface area contributed by atoms with Crippen LogP contribution in [0.15, 0.2) is 23.1 Å². The van der Waals surface area contributed by atoms with Crippen molar-refractivity contribution in [3.05, 3.63) is 28.8 Å². The molecular weight excluding hydrogens is 258 g/mol. The Hall–Kier alpha value is -0.710. The molecule has 0 bridgehead atoms. The maximum absolute atomic E-state index is 11.1. The van der Waals surface area contributed by atoms with Crippen LogP contribution in [0.1, 0.15) is 18.0 Å². The molecule has 0 fully saturated rings. The lowest BCUT2D eigenvalue weighted by atomic mass is 10.0. The van der Waals surface area contributed by atoms with Gasteiger partial charge in [-0.2, -0.15) is 0 Å². The van der Waals surface area contributed by atoms with Gasteiger partial charge in [0.05, 0.1) is 13.7 Å². The van der Waals surface area contributed by atoms with Crippen LogP contribution in [-0.4, -0.2) is 25.4 Å². The minimum absolute atomic E-state index is 0.184. The van der Waals surface area contributed by atoms with E-state index in [0.29, 0.717) is 0 Å². The molecule has 17 heavy (non-hydrogen) atoms. The zero-order valence-corrected chi connectivity index (χ0v) is 11.1. The summed E-state index contributed by atoms with van der Waals surface area (Å²) < 4.78 is 4.62. The van der Waals surface area contributed by atoms with Crippen LogP contribution in [0.3, 0.4) is 0 Å². The van der Waals surface area contributed by atoms with Gasteiger partial charge in [0.1, 0.15) is 0 Å². The monoisotopic (exact) mass is 271 g/mol. The van der Waals surface area contributed by atoms with Crippen molar-refractivity contribution >= 4 is 29.3 Å². The number of halogens is 1. The fourth-order valence-corrected chi connectivity index (χ4v) is 3.14. The van der Waals surface area contributed by atoms with Crippen LogP contribution in [0.2, 0.25) is 5.02 Å². The summed E-state index contributed by atoms with van der Waals surface area (Å²) in [6.07, 6.45) is 0.995. The van der Waals surface area contributed by atoms with Crippen molar-refractivity contribution in [2.24, 2.45) is 0 Å². The molecule has 0 saturated carbocycles. The minimum Gasteiger partial charge on any atom is -0.468 e. The van der Waals surface area contributed by atoms with Gasteiger partial charge in [-0.05, 0) is 35.9 Å². The molecule has 5 heteroatoms. The fourth-order valence-electron chi connectivity index (χ4n) is 1.86. The number of thioether (sulfide) groups is 1. The van der Waals surface area contributed by atoms with Gasteiger partial charge in [-0.1, -0.05) is 11.6 Å². The zero-order chi connectivity index (χ0) is 12.3. The molecule has 1 N–H and O–H groups in total.